The molecule has 3 fully saturated rings. The van der Waals surface area contributed by atoms with E-state index < -0.39 is 0 Å². The van der Waals surface area contributed by atoms with Crippen LogP contribution in [-0.4, -0.2) is 41.8 Å². The monoisotopic (exact) mass is 280 g/mol. The quantitative estimate of drug-likeness (QED) is 0.845. The van der Waals surface area contributed by atoms with Crippen molar-refractivity contribution in [2.45, 2.75) is 77.0 Å². The summed E-state index contributed by atoms with van der Waals surface area (Å²) in [5.41, 5.74) is 0.132. The minimum absolute atomic E-state index is 0.140. The third-order valence-corrected chi connectivity index (χ3v) is 4.88. The SMILES string of the molecule is CC(C)(C)OC(=O)N1CCC2(CC1)CC(NC1CC1)C2. The van der Waals surface area contributed by atoms with Crippen molar-refractivity contribution in [1.82, 2.24) is 10.2 Å². The molecule has 1 amide bonds. The fourth-order valence-corrected chi connectivity index (χ4v) is 3.59. The van der Waals surface area contributed by atoms with Crippen LogP contribution >= 0.6 is 0 Å². The summed E-state index contributed by atoms with van der Waals surface area (Å²) in [5.74, 6) is 0. The second kappa shape index (κ2) is 4.90. The molecule has 4 heteroatoms. The van der Waals surface area contributed by atoms with Gasteiger partial charge in [0.05, 0.1) is 0 Å². The molecule has 2 saturated carbocycles. The number of ether oxygens (including phenoxy) is 1. The molecule has 2 aliphatic carbocycles. The largest absolute Gasteiger partial charge is 0.444 e. The van der Waals surface area contributed by atoms with Crippen LogP contribution < -0.4 is 5.32 Å². The van der Waals surface area contributed by atoms with Crippen molar-refractivity contribution in [2.75, 3.05) is 13.1 Å². The summed E-state index contributed by atoms with van der Waals surface area (Å²) < 4.78 is 5.45. The first-order valence-corrected chi connectivity index (χ1v) is 8.09. The third-order valence-electron chi connectivity index (χ3n) is 4.88. The molecule has 114 valence electrons. The zero-order valence-electron chi connectivity index (χ0n) is 13.1. The summed E-state index contributed by atoms with van der Waals surface area (Å²) in [6.45, 7) is 7.51. The van der Waals surface area contributed by atoms with Gasteiger partial charge in [0.15, 0.2) is 0 Å². The highest BCUT2D eigenvalue weighted by molar-refractivity contribution is 5.68. The van der Waals surface area contributed by atoms with E-state index in [0.717, 1.165) is 38.0 Å². The van der Waals surface area contributed by atoms with Gasteiger partial charge in [-0.15, -0.1) is 0 Å². The molecule has 0 atom stereocenters. The number of carbonyl (C=O) groups is 1. The van der Waals surface area contributed by atoms with Crippen LogP contribution in [0.5, 0.6) is 0 Å². The Morgan fingerprint density at radius 3 is 2.25 bits per heavy atom. The summed E-state index contributed by atoms with van der Waals surface area (Å²) in [4.78, 5) is 13.9. The molecule has 1 saturated heterocycles. The molecule has 0 bridgehead atoms. The third kappa shape index (κ3) is 3.27. The van der Waals surface area contributed by atoms with Gasteiger partial charge in [0.25, 0.3) is 0 Å². The van der Waals surface area contributed by atoms with Crippen LogP contribution in [0.15, 0.2) is 0 Å². The van der Waals surface area contributed by atoms with Crippen LogP contribution in [0, 0.1) is 5.41 Å². The minimum Gasteiger partial charge on any atom is -0.444 e. The Labute approximate surface area is 122 Å². The van der Waals surface area contributed by atoms with Crippen molar-refractivity contribution in [1.29, 1.82) is 0 Å². The molecule has 0 aromatic rings. The van der Waals surface area contributed by atoms with Gasteiger partial charge in [0, 0.05) is 25.2 Å². The highest BCUT2D eigenvalue weighted by Crippen LogP contribution is 2.49. The van der Waals surface area contributed by atoms with E-state index in [2.05, 4.69) is 5.32 Å². The van der Waals surface area contributed by atoms with Crippen molar-refractivity contribution in [3.8, 4) is 0 Å². The molecule has 1 aliphatic heterocycles. The Balaban J connectivity index is 1.42. The molecule has 3 rings (SSSR count). The Kier molecular flexibility index (Phi) is 3.47. The molecule has 0 unspecified atom stereocenters. The van der Waals surface area contributed by atoms with Gasteiger partial charge in [-0.25, -0.2) is 4.79 Å². The Morgan fingerprint density at radius 2 is 1.75 bits per heavy atom. The van der Waals surface area contributed by atoms with Crippen LogP contribution in [0.1, 0.15) is 59.3 Å². The van der Waals surface area contributed by atoms with E-state index in [1.807, 2.05) is 25.7 Å². The Bertz CT molecular complexity index is 368. The standard InChI is InChI=1S/C16H28N2O2/c1-15(2,3)20-14(19)18-8-6-16(7-9-18)10-13(11-16)17-12-4-5-12/h12-13,17H,4-11H2,1-3H3. The fraction of sp³-hybridized carbons (Fsp3) is 0.938. The molecule has 1 N–H and O–H groups in total. The molecule has 1 heterocycles. The summed E-state index contributed by atoms with van der Waals surface area (Å²) in [6, 6.07) is 1.56. The highest BCUT2D eigenvalue weighted by Gasteiger charge is 2.47. The summed E-state index contributed by atoms with van der Waals surface area (Å²) in [5, 5.41) is 3.72. The van der Waals surface area contributed by atoms with Gasteiger partial charge in [0.2, 0.25) is 0 Å². The van der Waals surface area contributed by atoms with Gasteiger partial charge < -0.3 is 15.0 Å². The highest BCUT2D eigenvalue weighted by atomic mass is 16.6. The van der Waals surface area contributed by atoms with Crippen molar-refractivity contribution < 1.29 is 9.53 Å². The number of carbonyl (C=O) groups excluding carboxylic acids is 1. The lowest BCUT2D eigenvalue weighted by Crippen LogP contribution is -2.55. The van der Waals surface area contributed by atoms with Gasteiger partial charge in [-0.2, -0.15) is 0 Å². The van der Waals surface area contributed by atoms with E-state index >= 15 is 0 Å². The molecular weight excluding hydrogens is 252 g/mol. The smallest absolute Gasteiger partial charge is 0.410 e. The first-order chi connectivity index (χ1) is 9.35. The number of nitrogens with zero attached hydrogens (tertiary/aromatic N) is 1. The fourth-order valence-electron chi connectivity index (χ4n) is 3.59. The molecule has 20 heavy (non-hydrogen) atoms. The number of piperidine rings is 1. The maximum Gasteiger partial charge on any atom is 0.410 e. The average Bonchev–Trinajstić information content (AvgIpc) is 3.09. The van der Waals surface area contributed by atoms with Crippen LogP contribution in [0.4, 0.5) is 4.79 Å². The van der Waals surface area contributed by atoms with Crippen LogP contribution in [0.3, 0.4) is 0 Å². The molecule has 3 aliphatic rings. The number of nitrogens with one attached hydrogen (secondary N) is 1. The van der Waals surface area contributed by atoms with Gasteiger partial charge in [-0.1, -0.05) is 0 Å². The first-order valence-electron chi connectivity index (χ1n) is 8.09. The molecular formula is C16H28N2O2. The van der Waals surface area contributed by atoms with E-state index in [9.17, 15) is 4.79 Å². The minimum atomic E-state index is -0.387. The van der Waals surface area contributed by atoms with Crippen LogP contribution in [-0.2, 0) is 4.74 Å². The van der Waals surface area contributed by atoms with Crippen molar-refractivity contribution in [2.24, 2.45) is 5.41 Å². The zero-order chi connectivity index (χ0) is 14.4. The summed E-state index contributed by atoms with van der Waals surface area (Å²) in [6.07, 6.45) is 7.52. The van der Waals surface area contributed by atoms with Crippen LogP contribution in [0.25, 0.3) is 0 Å². The van der Waals surface area contributed by atoms with E-state index in [-0.39, 0.29) is 11.7 Å². The molecule has 4 nitrogen and oxygen atoms in total. The Hall–Kier alpha value is -0.770. The van der Waals surface area contributed by atoms with Crippen LogP contribution in [0.2, 0.25) is 0 Å². The molecule has 1 spiro atoms. The predicted molar refractivity (Wildman–Crippen MR) is 78.7 cm³/mol. The van der Waals surface area contributed by atoms with E-state index in [1.54, 1.807) is 0 Å². The maximum absolute atomic E-state index is 12.0. The van der Waals surface area contributed by atoms with Gasteiger partial charge in [0.1, 0.15) is 5.60 Å². The number of hydrogen-bond acceptors (Lipinski definition) is 3. The second-order valence-corrected chi connectivity index (χ2v) is 8.01. The maximum atomic E-state index is 12.0. The summed E-state index contributed by atoms with van der Waals surface area (Å²) in [7, 11) is 0. The molecule has 0 radical (unpaired) electrons. The number of hydrogen-bond donors (Lipinski definition) is 1. The zero-order valence-corrected chi connectivity index (χ0v) is 13.1. The second-order valence-electron chi connectivity index (χ2n) is 8.01. The summed E-state index contributed by atoms with van der Waals surface area (Å²) >= 11 is 0. The van der Waals surface area contributed by atoms with E-state index in [1.165, 1.54) is 25.7 Å². The molecule has 0 aromatic heterocycles. The molecule has 0 aromatic carbocycles. The van der Waals surface area contributed by atoms with E-state index in [0.29, 0.717) is 5.41 Å². The van der Waals surface area contributed by atoms with Gasteiger partial charge in [-0.3, -0.25) is 0 Å². The van der Waals surface area contributed by atoms with Crippen molar-refractivity contribution >= 4 is 6.09 Å². The normalized spacial score (nSPS) is 26.4. The predicted octanol–water partition coefficient (Wildman–Crippen LogP) is 2.92. The van der Waals surface area contributed by atoms with Gasteiger partial charge >= 0.3 is 6.09 Å². The Morgan fingerprint density at radius 1 is 1.15 bits per heavy atom. The first kappa shape index (κ1) is 14.2. The van der Waals surface area contributed by atoms with E-state index in [4.69, 9.17) is 4.74 Å². The number of likely N-dealkylation sites (tertiary alicyclic amines) is 1. The van der Waals surface area contributed by atoms with Crippen molar-refractivity contribution in [3.05, 3.63) is 0 Å². The van der Waals surface area contributed by atoms with Gasteiger partial charge in [-0.05, 0) is 64.7 Å². The lowest BCUT2D eigenvalue weighted by Gasteiger charge is -2.52. The van der Waals surface area contributed by atoms with Crippen molar-refractivity contribution in [3.63, 3.8) is 0 Å². The number of rotatable bonds is 2. The average molecular weight is 280 g/mol. The topological polar surface area (TPSA) is 41.6 Å². The lowest BCUT2D eigenvalue weighted by atomic mass is 9.60. The lowest BCUT2D eigenvalue weighted by molar-refractivity contribution is -0.0164. The number of amides is 1.